The summed E-state index contributed by atoms with van der Waals surface area (Å²) in [6.45, 7) is 4.27. The molecule has 1 aliphatic heterocycles. The van der Waals surface area contributed by atoms with E-state index in [1.165, 1.54) is 0 Å². The van der Waals surface area contributed by atoms with Crippen LogP contribution >= 0.6 is 11.6 Å². The molecule has 2 N–H and O–H groups in total. The highest BCUT2D eigenvalue weighted by molar-refractivity contribution is 6.30. The molecule has 27 heavy (non-hydrogen) atoms. The Labute approximate surface area is 164 Å². The number of rotatable bonds is 5. The van der Waals surface area contributed by atoms with Crippen LogP contribution in [-0.2, 0) is 13.6 Å². The van der Waals surface area contributed by atoms with Gasteiger partial charge in [0.2, 0.25) is 0 Å². The van der Waals surface area contributed by atoms with Gasteiger partial charge < -0.3 is 24.8 Å². The van der Waals surface area contributed by atoms with Crippen LogP contribution in [0.15, 0.2) is 23.2 Å². The van der Waals surface area contributed by atoms with Crippen LogP contribution in [0.25, 0.3) is 0 Å². The number of methoxy groups -OCH3 is 1. The molecule has 1 aromatic carbocycles. The Morgan fingerprint density at radius 3 is 2.89 bits per heavy atom. The predicted octanol–water partition coefficient (Wildman–Crippen LogP) is 1.73. The average molecular weight is 392 g/mol. The predicted molar refractivity (Wildman–Crippen MR) is 108 cm³/mol. The molecule has 0 saturated carbocycles. The van der Waals surface area contributed by atoms with E-state index in [0.717, 1.165) is 48.6 Å². The molecule has 1 aliphatic rings. The van der Waals surface area contributed by atoms with E-state index in [-0.39, 0.29) is 6.04 Å². The van der Waals surface area contributed by atoms with Gasteiger partial charge in [-0.1, -0.05) is 11.6 Å². The molecule has 1 aromatic heterocycles. The van der Waals surface area contributed by atoms with E-state index in [4.69, 9.17) is 16.3 Å². The van der Waals surface area contributed by atoms with E-state index in [1.54, 1.807) is 14.2 Å². The second-order valence-electron chi connectivity index (χ2n) is 6.54. The molecule has 1 atom stereocenters. The van der Waals surface area contributed by atoms with E-state index in [9.17, 15) is 0 Å². The number of aryl methyl sites for hydroxylation is 1. The Balaban J connectivity index is 1.58. The van der Waals surface area contributed by atoms with Gasteiger partial charge in [0.1, 0.15) is 11.6 Å². The molecule has 8 nitrogen and oxygen atoms in total. The Hall–Kier alpha value is -2.48. The summed E-state index contributed by atoms with van der Waals surface area (Å²) in [6.07, 6.45) is 0.999. The van der Waals surface area contributed by atoms with Crippen molar-refractivity contribution in [3.63, 3.8) is 0 Å². The lowest BCUT2D eigenvalue weighted by atomic mass is 10.2. The molecule has 146 valence electrons. The zero-order valence-electron chi connectivity index (χ0n) is 16.2. The molecule has 0 radical (unpaired) electrons. The fourth-order valence-electron chi connectivity index (χ4n) is 3.16. The number of nitrogens with one attached hydrogen (secondary N) is 2. The fourth-order valence-corrected chi connectivity index (χ4v) is 3.33. The third-order valence-electron chi connectivity index (χ3n) is 4.83. The van der Waals surface area contributed by atoms with Gasteiger partial charge in [-0.05, 0) is 31.5 Å². The average Bonchev–Trinajstić information content (AvgIpc) is 3.26. The molecule has 0 bridgehead atoms. The van der Waals surface area contributed by atoms with Crippen LogP contribution in [0.1, 0.15) is 18.1 Å². The van der Waals surface area contributed by atoms with Gasteiger partial charge in [-0.15, -0.1) is 10.2 Å². The maximum Gasteiger partial charge on any atom is 0.191 e. The smallest absolute Gasteiger partial charge is 0.191 e. The Kier molecular flexibility index (Phi) is 6.05. The molecular formula is C18H26ClN7O. The summed E-state index contributed by atoms with van der Waals surface area (Å²) in [6, 6.07) is 5.98. The maximum atomic E-state index is 6.17. The SMILES string of the molecule is CN=C(NCc1nnc(C)n1C)NC1CCN(c2cc(Cl)ccc2OC)C1. The van der Waals surface area contributed by atoms with Crippen molar-refractivity contribution in [3.05, 3.63) is 34.9 Å². The zero-order chi connectivity index (χ0) is 19.4. The number of halogens is 1. The summed E-state index contributed by atoms with van der Waals surface area (Å²) < 4.78 is 7.44. The highest BCUT2D eigenvalue weighted by atomic mass is 35.5. The van der Waals surface area contributed by atoms with Crippen molar-refractivity contribution in [1.82, 2.24) is 25.4 Å². The molecule has 0 aliphatic carbocycles. The second kappa shape index (κ2) is 8.47. The number of hydrogen-bond donors (Lipinski definition) is 2. The molecule has 2 aromatic rings. The highest BCUT2D eigenvalue weighted by Crippen LogP contribution is 2.33. The van der Waals surface area contributed by atoms with E-state index in [1.807, 2.05) is 36.7 Å². The van der Waals surface area contributed by atoms with Crippen molar-refractivity contribution in [2.45, 2.75) is 25.9 Å². The van der Waals surface area contributed by atoms with Gasteiger partial charge in [0.25, 0.3) is 0 Å². The molecule has 1 saturated heterocycles. The normalized spacial score (nSPS) is 17.3. The second-order valence-corrected chi connectivity index (χ2v) is 6.98. The largest absolute Gasteiger partial charge is 0.495 e. The summed E-state index contributed by atoms with van der Waals surface area (Å²) >= 11 is 6.17. The first kappa shape index (κ1) is 19.3. The minimum absolute atomic E-state index is 0.279. The molecule has 3 rings (SSSR count). The molecule has 9 heteroatoms. The molecule has 1 fully saturated rings. The van der Waals surface area contributed by atoms with Crippen molar-refractivity contribution >= 4 is 23.2 Å². The quantitative estimate of drug-likeness (QED) is 0.597. The summed E-state index contributed by atoms with van der Waals surface area (Å²) in [5.74, 6) is 3.34. The van der Waals surface area contributed by atoms with Gasteiger partial charge in [-0.3, -0.25) is 4.99 Å². The molecule has 2 heterocycles. The van der Waals surface area contributed by atoms with Crippen molar-refractivity contribution < 1.29 is 4.74 Å². The molecule has 1 unspecified atom stereocenters. The molecule has 0 amide bonds. The number of benzene rings is 1. The summed E-state index contributed by atoms with van der Waals surface area (Å²) in [5.41, 5.74) is 1.02. The zero-order valence-corrected chi connectivity index (χ0v) is 16.9. The van der Waals surface area contributed by atoms with Crippen LogP contribution in [0.3, 0.4) is 0 Å². The number of nitrogens with zero attached hydrogens (tertiary/aromatic N) is 5. The van der Waals surface area contributed by atoms with Gasteiger partial charge in [-0.2, -0.15) is 0 Å². The molecule has 0 spiro atoms. The van der Waals surface area contributed by atoms with Crippen molar-refractivity contribution in [3.8, 4) is 5.75 Å². The first-order valence-corrected chi connectivity index (χ1v) is 9.30. The van der Waals surface area contributed by atoms with Crippen LogP contribution in [0.5, 0.6) is 5.75 Å². The van der Waals surface area contributed by atoms with Crippen LogP contribution in [0.2, 0.25) is 5.02 Å². The first-order chi connectivity index (χ1) is 13.0. The van der Waals surface area contributed by atoms with Crippen LogP contribution in [-0.4, -0.2) is 54.0 Å². The highest BCUT2D eigenvalue weighted by Gasteiger charge is 2.25. The summed E-state index contributed by atoms with van der Waals surface area (Å²) in [5, 5.41) is 15.7. The van der Waals surface area contributed by atoms with Gasteiger partial charge in [0, 0.05) is 38.2 Å². The van der Waals surface area contributed by atoms with Gasteiger partial charge >= 0.3 is 0 Å². The fraction of sp³-hybridized carbons (Fsp3) is 0.500. The third kappa shape index (κ3) is 4.44. The van der Waals surface area contributed by atoms with Crippen molar-refractivity contribution in [2.24, 2.45) is 12.0 Å². The van der Waals surface area contributed by atoms with E-state index < -0.39 is 0 Å². The van der Waals surface area contributed by atoms with Crippen molar-refractivity contribution in [1.29, 1.82) is 0 Å². The molecular weight excluding hydrogens is 366 g/mol. The van der Waals surface area contributed by atoms with E-state index in [2.05, 4.69) is 30.7 Å². The Morgan fingerprint density at radius 2 is 2.22 bits per heavy atom. The standard InChI is InChI=1S/C18H26ClN7O/c1-12-23-24-17(25(12)3)10-21-18(20-2)22-14-7-8-26(11-14)15-9-13(19)5-6-16(15)27-4/h5-6,9,14H,7-8,10-11H2,1-4H3,(H2,20,21,22). The van der Waals surface area contributed by atoms with Gasteiger partial charge in [-0.25, -0.2) is 0 Å². The lowest BCUT2D eigenvalue weighted by Crippen LogP contribution is -2.44. The van der Waals surface area contributed by atoms with Crippen LogP contribution < -0.4 is 20.3 Å². The first-order valence-electron chi connectivity index (χ1n) is 8.92. The van der Waals surface area contributed by atoms with Crippen LogP contribution in [0, 0.1) is 6.92 Å². The Bertz CT molecular complexity index is 820. The minimum Gasteiger partial charge on any atom is -0.495 e. The van der Waals surface area contributed by atoms with E-state index >= 15 is 0 Å². The summed E-state index contributed by atoms with van der Waals surface area (Å²) in [4.78, 5) is 6.60. The minimum atomic E-state index is 0.279. The number of ether oxygens (including phenoxy) is 1. The van der Waals surface area contributed by atoms with Gasteiger partial charge in [0.15, 0.2) is 11.8 Å². The topological polar surface area (TPSA) is 79.6 Å². The lowest BCUT2D eigenvalue weighted by molar-refractivity contribution is 0.415. The number of aliphatic imine (C=N–C) groups is 1. The van der Waals surface area contributed by atoms with Crippen molar-refractivity contribution in [2.75, 3.05) is 32.1 Å². The number of guanidine groups is 1. The number of hydrogen-bond acceptors (Lipinski definition) is 5. The monoisotopic (exact) mass is 391 g/mol. The lowest BCUT2D eigenvalue weighted by Gasteiger charge is -2.22. The maximum absolute atomic E-state index is 6.17. The van der Waals surface area contributed by atoms with Crippen LogP contribution in [0.4, 0.5) is 5.69 Å². The number of aromatic nitrogens is 3. The third-order valence-corrected chi connectivity index (χ3v) is 5.07. The van der Waals surface area contributed by atoms with Gasteiger partial charge in [0.05, 0.1) is 19.3 Å². The van der Waals surface area contributed by atoms with E-state index in [0.29, 0.717) is 11.6 Å². The summed E-state index contributed by atoms with van der Waals surface area (Å²) in [7, 11) is 5.40. The Morgan fingerprint density at radius 1 is 1.41 bits per heavy atom. The number of anilines is 1.